The molecule has 2 nitrogen and oxygen atoms in total. The van der Waals surface area contributed by atoms with Crippen molar-refractivity contribution >= 4 is 5.69 Å². The topological polar surface area (TPSA) is 15.3 Å². The average Bonchev–Trinajstić information content (AvgIpc) is 2.75. The Morgan fingerprint density at radius 3 is 2.89 bits per heavy atom. The van der Waals surface area contributed by atoms with E-state index < -0.39 is 0 Å². The Morgan fingerprint density at radius 2 is 2.28 bits per heavy atom. The lowest BCUT2D eigenvalue weighted by atomic mass is 10.0. The van der Waals surface area contributed by atoms with Crippen LogP contribution >= 0.6 is 0 Å². The van der Waals surface area contributed by atoms with E-state index in [-0.39, 0.29) is 11.9 Å². The summed E-state index contributed by atoms with van der Waals surface area (Å²) in [7, 11) is 0. The maximum atomic E-state index is 14.1. The van der Waals surface area contributed by atoms with E-state index in [1.54, 1.807) is 6.07 Å². The molecule has 2 rings (SSSR count). The van der Waals surface area contributed by atoms with E-state index >= 15 is 0 Å². The molecule has 0 aliphatic carbocycles. The smallest absolute Gasteiger partial charge is 0.130 e. The first-order valence-electron chi connectivity index (χ1n) is 6.93. The summed E-state index contributed by atoms with van der Waals surface area (Å²) in [6.45, 7) is 8.20. The van der Waals surface area contributed by atoms with Gasteiger partial charge in [0.1, 0.15) is 5.82 Å². The van der Waals surface area contributed by atoms with Gasteiger partial charge >= 0.3 is 0 Å². The predicted molar refractivity (Wildman–Crippen MR) is 74.5 cm³/mol. The van der Waals surface area contributed by atoms with Crippen LogP contribution in [0.3, 0.4) is 0 Å². The second kappa shape index (κ2) is 5.70. The van der Waals surface area contributed by atoms with Gasteiger partial charge in [0.05, 0.1) is 0 Å². The van der Waals surface area contributed by atoms with Gasteiger partial charge in [0, 0.05) is 29.9 Å². The van der Waals surface area contributed by atoms with Gasteiger partial charge in [-0.1, -0.05) is 13.0 Å². The van der Waals surface area contributed by atoms with Crippen molar-refractivity contribution in [2.24, 2.45) is 0 Å². The Balaban J connectivity index is 2.37. The molecule has 0 saturated carbocycles. The van der Waals surface area contributed by atoms with Crippen molar-refractivity contribution in [1.82, 2.24) is 5.32 Å². The number of nitrogens with zero attached hydrogens (tertiary/aromatic N) is 1. The Kier molecular flexibility index (Phi) is 4.23. The van der Waals surface area contributed by atoms with Crippen molar-refractivity contribution in [3.8, 4) is 0 Å². The second-order valence-electron chi connectivity index (χ2n) is 5.14. The summed E-state index contributed by atoms with van der Waals surface area (Å²) in [5.74, 6) is -0.0972. The maximum absolute atomic E-state index is 14.1. The van der Waals surface area contributed by atoms with Gasteiger partial charge < -0.3 is 10.2 Å². The number of anilines is 1. The monoisotopic (exact) mass is 250 g/mol. The van der Waals surface area contributed by atoms with Gasteiger partial charge in [-0.05, 0) is 45.4 Å². The maximum Gasteiger partial charge on any atom is 0.130 e. The Morgan fingerprint density at radius 1 is 1.50 bits per heavy atom. The first-order chi connectivity index (χ1) is 8.65. The molecule has 2 atom stereocenters. The van der Waals surface area contributed by atoms with E-state index in [0.717, 1.165) is 24.3 Å². The number of hydrogen-bond donors (Lipinski definition) is 1. The summed E-state index contributed by atoms with van der Waals surface area (Å²) in [5.41, 5.74) is 1.88. The lowest BCUT2D eigenvalue weighted by Gasteiger charge is -2.29. The molecule has 1 aliphatic heterocycles. The molecule has 1 saturated heterocycles. The summed E-state index contributed by atoms with van der Waals surface area (Å²) in [6.07, 6.45) is 2.40. The Bertz CT molecular complexity index is 405. The highest BCUT2D eigenvalue weighted by Gasteiger charge is 2.25. The van der Waals surface area contributed by atoms with Gasteiger partial charge in [0.2, 0.25) is 0 Å². The van der Waals surface area contributed by atoms with Crippen LogP contribution in [0, 0.1) is 5.82 Å². The third-order valence-electron chi connectivity index (χ3n) is 3.84. The molecule has 2 unspecified atom stereocenters. The highest BCUT2D eigenvalue weighted by Crippen LogP contribution is 2.33. The van der Waals surface area contributed by atoms with Gasteiger partial charge in [-0.3, -0.25) is 0 Å². The van der Waals surface area contributed by atoms with Crippen LogP contribution in [0.4, 0.5) is 10.1 Å². The predicted octanol–water partition coefficient (Wildman–Crippen LogP) is 3.48. The summed E-state index contributed by atoms with van der Waals surface area (Å²) >= 11 is 0. The van der Waals surface area contributed by atoms with Crippen molar-refractivity contribution in [2.45, 2.75) is 45.7 Å². The lowest BCUT2D eigenvalue weighted by Crippen LogP contribution is -2.29. The normalized spacial score (nSPS) is 21.3. The van der Waals surface area contributed by atoms with Crippen LogP contribution in [0.25, 0.3) is 0 Å². The quantitative estimate of drug-likeness (QED) is 0.880. The van der Waals surface area contributed by atoms with Gasteiger partial charge in [-0.25, -0.2) is 4.39 Å². The molecule has 1 fully saturated rings. The minimum Gasteiger partial charge on any atom is -0.368 e. The molecular weight excluding hydrogens is 227 g/mol. The third-order valence-corrected chi connectivity index (χ3v) is 3.84. The van der Waals surface area contributed by atoms with Gasteiger partial charge in [-0.15, -0.1) is 0 Å². The fourth-order valence-corrected chi connectivity index (χ4v) is 2.90. The van der Waals surface area contributed by atoms with E-state index in [1.165, 1.54) is 12.8 Å². The van der Waals surface area contributed by atoms with Crippen molar-refractivity contribution in [1.29, 1.82) is 0 Å². The molecular formula is C15H23FN2. The van der Waals surface area contributed by atoms with Crippen LogP contribution in [0.2, 0.25) is 0 Å². The van der Waals surface area contributed by atoms with Crippen LogP contribution in [0.1, 0.15) is 45.2 Å². The lowest BCUT2D eigenvalue weighted by molar-refractivity contribution is 0.538. The van der Waals surface area contributed by atoms with E-state index in [1.807, 2.05) is 19.1 Å². The molecule has 1 aromatic carbocycles. The third kappa shape index (κ3) is 2.51. The van der Waals surface area contributed by atoms with Crippen LogP contribution in [0.15, 0.2) is 18.2 Å². The van der Waals surface area contributed by atoms with E-state index in [9.17, 15) is 4.39 Å². The van der Waals surface area contributed by atoms with Crippen LogP contribution in [-0.4, -0.2) is 19.1 Å². The zero-order chi connectivity index (χ0) is 13.1. The van der Waals surface area contributed by atoms with Gasteiger partial charge in [-0.2, -0.15) is 0 Å². The van der Waals surface area contributed by atoms with Gasteiger partial charge in [0.15, 0.2) is 0 Å². The fourth-order valence-electron chi connectivity index (χ4n) is 2.90. The van der Waals surface area contributed by atoms with Crippen LogP contribution in [0.5, 0.6) is 0 Å². The van der Waals surface area contributed by atoms with Crippen molar-refractivity contribution in [3.05, 3.63) is 29.6 Å². The summed E-state index contributed by atoms with van der Waals surface area (Å²) in [4.78, 5) is 2.34. The van der Waals surface area contributed by atoms with Crippen LogP contribution in [-0.2, 0) is 0 Å². The number of hydrogen-bond acceptors (Lipinski definition) is 2. The molecule has 100 valence electrons. The van der Waals surface area contributed by atoms with E-state index in [2.05, 4.69) is 24.1 Å². The number of benzene rings is 1. The molecule has 18 heavy (non-hydrogen) atoms. The minimum atomic E-state index is -0.0972. The zero-order valence-corrected chi connectivity index (χ0v) is 11.5. The SMILES string of the molecule is CCNC(C)c1c(F)cccc1N1CCCC1C. The average molecular weight is 250 g/mol. The largest absolute Gasteiger partial charge is 0.368 e. The Labute approximate surface area is 109 Å². The first-order valence-corrected chi connectivity index (χ1v) is 6.93. The van der Waals surface area contributed by atoms with Crippen molar-refractivity contribution in [3.63, 3.8) is 0 Å². The second-order valence-corrected chi connectivity index (χ2v) is 5.14. The highest BCUT2D eigenvalue weighted by molar-refractivity contribution is 5.57. The number of halogens is 1. The molecule has 1 N–H and O–H groups in total. The highest BCUT2D eigenvalue weighted by atomic mass is 19.1. The molecule has 0 spiro atoms. The van der Waals surface area contributed by atoms with E-state index in [0.29, 0.717) is 6.04 Å². The molecule has 1 heterocycles. The summed E-state index contributed by atoms with van der Waals surface area (Å²) in [5, 5.41) is 3.31. The summed E-state index contributed by atoms with van der Waals surface area (Å²) < 4.78 is 14.1. The van der Waals surface area contributed by atoms with Gasteiger partial charge in [0.25, 0.3) is 0 Å². The standard InChI is InChI=1S/C15H23FN2/c1-4-17-12(3)15-13(16)8-5-9-14(15)18-10-6-7-11(18)2/h5,8-9,11-12,17H,4,6-7,10H2,1-3H3. The Hall–Kier alpha value is -1.09. The molecule has 0 aromatic heterocycles. The molecule has 1 aromatic rings. The number of rotatable bonds is 4. The molecule has 0 amide bonds. The molecule has 3 heteroatoms. The molecule has 1 aliphatic rings. The summed E-state index contributed by atoms with van der Waals surface area (Å²) in [6, 6.07) is 6.00. The molecule has 0 radical (unpaired) electrons. The minimum absolute atomic E-state index is 0.0546. The number of nitrogens with one attached hydrogen (secondary N) is 1. The molecule has 0 bridgehead atoms. The van der Waals surface area contributed by atoms with Crippen molar-refractivity contribution < 1.29 is 4.39 Å². The van der Waals surface area contributed by atoms with Crippen molar-refractivity contribution in [2.75, 3.05) is 18.0 Å². The van der Waals surface area contributed by atoms with E-state index in [4.69, 9.17) is 0 Å². The van der Waals surface area contributed by atoms with Crippen LogP contribution < -0.4 is 10.2 Å². The fraction of sp³-hybridized carbons (Fsp3) is 0.600. The first kappa shape index (κ1) is 13.3. The zero-order valence-electron chi connectivity index (χ0n) is 11.5.